The van der Waals surface area contributed by atoms with Crippen LogP contribution in [0.3, 0.4) is 0 Å². The van der Waals surface area contributed by atoms with Crippen molar-refractivity contribution in [1.29, 1.82) is 0 Å². The van der Waals surface area contributed by atoms with Gasteiger partial charge < -0.3 is 15.5 Å². The fraction of sp³-hybridized carbons (Fsp3) is 0.273. The molecule has 1 radical (unpaired) electrons. The molecule has 0 amide bonds. The Balaban J connectivity index is 0.000000293. The molecule has 89 valence electrons. The molecule has 5 heteroatoms. The Bertz CT molecular complexity index is 357. The van der Waals surface area contributed by atoms with Crippen molar-refractivity contribution in [2.24, 2.45) is 5.73 Å². The molecule has 0 fully saturated rings. The zero-order chi connectivity index (χ0) is 12.6. The van der Waals surface area contributed by atoms with Gasteiger partial charge in [0.2, 0.25) is 0 Å². The molecule has 4 nitrogen and oxygen atoms in total. The first-order valence-electron chi connectivity index (χ1n) is 4.77. The highest BCUT2D eigenvalue weighted by Crippen LogP contribution is 2.35. The standard InChI is InChI=1S/C8H10N.C3H7O3P/c1-7(9)8-5-3-2-4-6-8;1-2-3-7(4,5)6/h2-3,5-7H,9H2,1H3;2-3H,1H3,(H2,4,5,6)/b;3-2+/t7-;/m1./s1. The molecule has 1 aromatic rings. The van der Waals surface area contributed by atoms with E-state index in [2.05, 4.69) is 6.07 Å². The molecule has 0 saturated heterocycles. The Morgan fingerprint density at radius 1 is 1.56 bits per heavy atom. The Hall–Kier alpha value is -0.930. The van der Waals surface area contributed by atoms with Gasteiger partial charge in [-0.05, 0) is 31.5 Å². The van der Waals surface area contributed by atoms with Crippen LogP contribution in [0.15, 0.2) is 36.2 Å². The van der Waals surface area contributed by atoms with Crippen LogP contribution >= 0.6 is 7.60 Å². The molecular formula is C11H17NO3P. The first kappa shape index (κ1) is 15.1. The molecule has 0 bridgehead atoms. The van der Waals surface area contributed by atoms with Crippen LogP contribution in [0.25, 0.3) is 0 Å². The van der Waals surface area contributed by atoms with Crippen molar-refractivity contribution >= 4 is 7.60 Å². The van der Waals surface area contributed by atoms with Gasteiger partial charge in [0, 0.05) is 11.9 Å². The average molecular weight is 242 g/mol. The molecule has 0 saturated carbocycles. The lowest BCUT2D eigenvalue weighted by atomic mass is 10.1. The number of rotatable bonds is 2. The van der Waals surface area contributed by atoms with E-state index in [0.717, 1.165) is 11.4 Å². The Kier molecular flexibility index (Phi) is 6.93. The van der Waals surface area contributed by atoms with E-state index in [4.69, 9.17) is 15.5 Å². The van der Waals surface area contributed by atoms with E-state index >= 15 is 0 Å². The van der Waals surface area contributed by atoms with Crippen molar-refractivity contribution in [2.75, 3.05) is 0 Å². The summed E-state index contributed by atoms with van der Waals surface area (Å²) in [5.41, 5.74) is 6.73. The summed E-state index contributed by atoms with van der Waals surface area (Å²) in [6, 6.07) is 10.8. The van der Waals surface area contributed by atoms with Crippen LogP contribution in [-0.2, 0) is 4.57 Å². The van der Waals surface area contributed by atoms with Gasteiger partial charge in [-0.2, -0.15) is 0 Å². The highest BCUT2D eigenvalue weighted by Gasteiger charge is 2.02. The second kappa shape index (κ2) is 7.36. The lowest BCUT2D eigenvalue weighted by Gasteiger charge is -2.01. The summed E-state index contributed by atoms with van der Waals surface area (Å²) in [4.78, 5) is 16.1. The predicted molar refractivity (Wildman–Crippen MR) is 64.7 cm³/mol. The van der Waals surface area contributed by atoms with Gasteiger partial charge >= 0.3 is 7.60 Å². The van der Waals surface area contributed by atoms with Crippen LogP contribution in [0.2, 0.25) is 0 Å². The smallest absolute Gasteiger partial charge is 0.324 e. The van der Waals surface area contributed by atoms with E-state index in [0.29, 0.717) is 0 Å². The fourth-order valence-corrected chi connectivity index (χ4v) is 1.27. The first-order valence-corrected chi connectivity index (χ1v) is 6.45. The highest BCUT2D eigenvalue weighted by atomic mass is 31.2. The maximum atomic E-state index is 9.84. The lowest BCUT2D eigenvalue weighted by molar-refractivity contribution is 0.386. The molecule has 0 unspecified atom stereocenters. The van der Waals surface area contributed by atoms with Gasteiger partial charge in [0.1, 0.15) is 0 Å². The van der Waals surface area contributed by atoms with Gasteiger partial charge in [0.25, 0.3) is 0 Å². The number of hydrogen-bond acceptors (Lipinski definition) is 2. The van der Waals surface area contributed by atoms with Gasteiger partial charge in [-0.25, -0.2) is 0 Å². The van der Waals surface area contributed by atoms with Crippen LogP contribution in [0.1, 0.15) is 25.5 Å². The molecule has 0 aliphatic carbocycles. The third-order valence-corrected chi connectivity index (χ3v) is 2.29. The van der Waals surface area contributed by atoms with Crippen molar-refractivity contribution < 1.29 is 14.4 Å². The fourth-order valence-electron chi connectivity index (χ4n) is 0.885. The van der Waals surface area contributed by atoms with Crippen molar-refractivity contribution in [3.8, 4) is 0 Å². The van der Waals surface area contributed by atoms with Gasteiger partial charge in [-0.15, -0.1) is 0 Å². The van der Waals surface area contributed by atoms with Crippen molar-refractivity contribution in [1.82, 2.24) is 0 Å². The number of allylic oxidation sites excluding steroid dienone is 1. The maximum absolute atomic E-state index is 9.84. The van der Waals surface area contributed by atoms with E-state index in [1.807, 2.05) is 31.2 Å². The molecule has 16 heavy (non-hydrogen) atoms. The van der Waals surface area contributed by atoms with E-state index in [9.17, 15) is 4.57 Å². The van der Waals surface area contributed by atoms with Crippen LogP contribution in [0.4, 0.5) is 0 Å². The Labute approximate surface area is 96.0 Å². The zero-order valence-electron chi connectivity index (χ0n) is 9.37. The van der Waals surface area contributed by atoms with Gasteiger partial charge in [0.05, 0.1) is 0 Å². The number of nitrogens with two attached hydrogens (primary N) is 1. The molecule has 0 heterocycles. The van der Waals surface area contributed by atoms with Crippen LogP contribution in [0.5, 0.6) is 0 Å². The molecule has 0 aliphatic rings. The van der Waals surface area contributed by atoms with E-state index in [1.54, 1.807) is 6.92 Å². The summed E-state index contributed by atoms with van der Waals surface area (Å²) in [6.07, 6.45) is 1.32. The molecule has 0 aliphatic heterocycles. The maximum Gasteiger partial charge on any atom is 0.348 e. The molecule has 1 aromatic carbocycles. The molecule has 0 aromatic heterocycles. The van der Waals surface area contributed by atoms with E-state index < -0.39 is 7.60 Å². The molecule has 4 N–H and O–H groups in total. The monoisotopic (exact) mass is 242 g/mol. The lowest BCUT2D eigenvalue weighted by Crippen LogP contribution is -2.03. The van der Waals surface area contributed by atoms with Gasteiger partial charge in [-0.1, -0.05) is 24.3 Å². The highest BCUT2D eigenvalue weighted by molar-refractivity contribution is 7.55. The predicted octanol–water partition coefficient (Wildman–Crippen LogP) is 2.20. The van der Waals surface area contributed by atoms with Crippen molar-refractivity contribution in [3.05, 3.63) is 47.8 Å². The summed E-state index contributed by atoms with van der Waals surface area (Å²) in [5, 5.41) is 0. The number of hydrogen-bond donors (Lipinski definition) is 3. The topological polar surface area (TPSA) is 83.5 Å². The Morgan fingerprint density at radius 2 is 2.19 bits per heavy atom. The summed E-state index contributed by atoms with van der Waals surface area (Å²) in [6.45, 7) is 3.52. The second-order valence-corrected chi connectivity index (χ2v) is 4.67. The SMILES string of the molecule is C/C=C/P(=O)(O)O.C[C@@H](N)c1c[c]ccc1. The Morgan fingerprint density at radius 3 is 2.38 bits per heavy atom. The molecule has 1 rings (SSSR count). The third kappa shape index (κ3) is 8.38. The number of benzene rings is 1. The minimum Gasteiger partial charge on any atom is -0.324 e. The third-order valence-electron chi connectivity index (χ3n) is 1.60. The minimum absolute atomic E-state index is 0.127. The quantitative estimate of drug-likeness (QED) is 0.694. The summed E-state index contributed by atoms with van der Waals surface area (Å²) >= 11 is 0. The molecule has 0 spiro atoms. The largest absolute Gasteiger partial charge is 0.348 e. The summed E-state index contributed by atoms with van der Waals surface area (Å²) < 4.78 is 9.84. The summed E-state index contributed by atoms with van der Waals surface area (Å²) in [7, 11) is -3.85. The van der Waals surface area contributed by atoms with E-state index in [-0.39, 0.29) is 6.04 Å². The molecule has 1 atom stereocenters. The van der Waals surface area contributed by atoms with Crippen LogP contribution in [0, 0.1) is 6.07 Å². The molecular weight excluding hydrogens is 225 g/mol. The van der Waals surface area contributed by atoms with Crippen molar-refractivity contribution in [2.45, 2.75) is 19.9 Å². The van der Waals surface area contributed by atoms with Gasteiger partial charge in [-0.3, -0.25) is 4.57 Å². The van der Waals surface area contributed by atoms with Gasteiger partial charge in [0.15, 0.2) is 0 Å². The zero-order valence-corrected chi connectivity index (χ0v) is 10.3. The second-order valence-electron chi connectivity index (χ2n) is 3.20. The first-order chi connectivity index (χ1) is 7.37. The average Bonchev–Trinajstić information content (AvgIpc) is 2.18. The normalized spacial score (nSPS) is 13.1. The van der Waals surface area contributed by atoms with E-state index in [1.165, 1.54) is 6.08 Å². The minimum atomic E-state index is -3.85. The van der Waals surface area contributed by atoms with Crippen molar-refractivity contribution in [3.63, 3.8) is 0 Å². The van der Waals surface area contributed by atoms with Crippen LogP contribution < -0.4 is 5.73 Å². The van der Waals surface area contributed by atoms with Crippen LogP contribution in [-0.4, -0.2) is 9.79 Å². The summed E-state index contributed by atoms with van der Waals surface area (Å²) in [5.74, 6) is 0.854.